The molecule has 0 N–H and O–H groups in total. The van der Waals surface area contributed by atoms with E-state index in [1.807, 2.05) is 0 Å². The van der Waals surface area contributed by atoms with Crippen molar-refractivity contribution in [2.75, 3.05) is 13.1 Å². The number of imide groups is 1. The molecule has 7 heteroatoms. The van der Waals surface area contributed by atoms with Gasteiger partial charge in [0.2, 0.25) is 0 Å². The van der Waals surface area contributed by atoms with Gasteiger partial charge in [-0.3, -0.25) is 19.3 Å². The smallest absolute Gasteiger partial charge is 0.329 e. The lowest BCUT2D eigenvalue weighted by Crippen LogP contribution is -2.47. The number of ether oxygens (including phenoxy) is 1. The van der Waals surface area contributed by atoms with Gasteiger partial charge in [0.1, 0.15) is 6.04 Å². The summed E-state index contributed by atoms with van der Waals surface area (Å²) in [6.45, 7) is 4.27. The number of nitrogens with zero attached hydrogens (tertiary/aromatic N) is 2. The number of piperidine rings is 1. The fourth-order valence-electron chi connectivity index (χ4n) is 3.36. The van der Waals surface area contributed by atoms with E-state index >= 15 is 0 Å². The number of carbonyl (C=O) groups excluding carboxylic acids is 4. The molecule has 0 aliphatic carbocycles. The zero-order valence-electron chi connectivity index (χ0n) is 14.9. The van der Waals surface area contributed by atoms with Gasteiger partial charge in [-0.15, -0.1) is 0 Å². The molecule has 0 radical (unpaired) electrons. The largest absolute Gasteiger partial charge is 0.451 e. The minimum absolute atomic E-state index is 0.243. The zero-order chi connectivity index (χ0) is 18.8. The van der Waals surface area contributed by atoms with Crippen LogP contribution in [0.3, 0.4) is 0 Å². The molecule has 1 fully saturated rings. The number of esters is 1. The Labute approximate surface area is 151 Å². The van der Waals surface area contributed by atoms with Gasteiger partial charge in [-0.25, -0.2) is 4.79 Å². The molecule has 26 heavy (non-hydrogen) atoms. The second-order valence-electron chi connectivity index (χ2n) is 6.67. The van der Waals surface area contributed by atoms with Crippen molar-refractivity contribution in [2.45, 2.75) is 45.3 Å². The molecular weight excluding hydrogens is 336 g/mol. The Kier molecular flexibility index (Phi) is 5.06. The summed E-state index contributed by atoms with van der Waals surface area (Å²) >= 11 is 0. The molecule has 0 saturated carbocycles. The number of hydrogen-bond acceptors (Lipinski definition) is 5. The average Bonchev–Trinajstić information content (AvgIpc) is 2.92. The molecule has 3 rings (SSSR count). The van der Waals surface area contributed by atoms with Crippen LogP contribution in [0.25, 0.3) is 0 Å². The summed E-state index contributed by atoms with van der Waals surface area (Å²) in [6, 6.07) is 5.33. The van der Waals surface area contributed by atoms with Crippen molar-refractivity contribution >= 4 is 23.7 Å². The number of fused-ring (bicyclic) bond motifs is 1. The molecule has 138 valence electrons. The molecular formula is C19H22N2O5. The van der Waals surface area contributed by atoms with Crippen molar-refractivity contribution in [1.29, 1.82) is 0 Å². The second-order valence-corrected chi connectivity index (χ2v) is 6.67. The van der Waals surface area contributed by atoms with Crippen molar-refractivity contribution < 1.29 is 23.9 Å². The molecule has 2 heterocycles. The van der Waals surface area contributed by atoms with Crippen LogP contribution in [0.4, 0.5) is 0 Å². The summed E-state index contributed by atoms with van der Waals surface area (Å²) in [7, 11) is 0. The summed E-state index contributed by atoms with van der Waals surface area (Å²) in [5, 5.41) is 0. The van der Waals surface area contributed by atoms with Crippen LogP contribution >= 0.6 is 0 Å². The first-order valence-corrected chi connectivity index (χ1v) is 8.88. The minimum Gasteiger partial charge on any atom is -0.451 e. The molecule has 7 nitrogen and oxygen atoms in total. The number of benzene rings is 1. The van der Waals surface area contributed by atoms with Gasteiger partial charge >= 0.3 is 5.97 Å². The molecule has 2 atom stereocenters. The molecule has 0 bridgehead atoms. The zero-order valence-corrected chi connectivity index (χ0v) is 14.9. The molecule has 2 aliphatic rings. The Morgan fingerprint density at radius 3 is 2.04 bits per heavy atom. The Morgan fingerprint density at radius 1 is 0.962 bits per heavy atom. The van der Waals surface area contributed by atoms with Crippen molar-refractivity contribution in [3.8, 4) is 0 Å². The van der Waals surface area contributed by atoms with Gasteiger partial charge in [0, 0.05) is 13.1 Å². The highest BCUT2D eigenvalue weighted by atomic mass is 16.5. The Morgan fingerprint density at radius 2 is 1.50 bits per heavy atom. The van der Waals surface area contributed by atoms with E-state index in [2.05, 4.69) is 0 Å². The lowest BCUT2D eigenvalue weighted by Gasteiger charge is -2.29. The summed E-state index contributed by atoms with van der Waals surface area (Å²) in [5.41, 5.74) is 0.546. The van der Waals surface area contributed by atoms with Gasteiger partial charge in [-0.2, -0.15) is 0 Å². The highest BCUT2D eigenvalue weighted by molar-refractivity contribution is 6.22. The van der Waals surface area contributed by atoms with Crippen LogP contribution in [-0.2, 0) is 14.3 Å². The molecule has 1 saturated heterocycles. The summed E-state index contributed by atoms with van der Waals surface area (Å²) < 4.78 is 5.26. The highest BCUT2D eigenvalue weighted by Crippen LogP contribution is 2.25. The van der Waals surface area contributed by atoms with Gasteiger partial charge in [-0.1, -0.05) is 12.1 Å². The van der Waals surface area contributed by atoms with Crippen LogP contribution in [0, 0.1) is 0 Å². The Hall–Kier alpha value is -2.70. The third-order valence-corrected chi connectivity index (χ3v) is 4.86. The van der Waals surface area contributed by atoms with Crippen LogP contribution < -0.4 is 0 Å². The van der Waals surface area contributed by atoms with E-state index in [9.17, 15) is 19.2 Å². The lowest BCUT2D eigenvalue weighted by atomic mass is 10.1. The Balaban J connectivity index is 1.66. The lowest BCUT2D eigenvalue weighted by molar-refractivity contribution is -0.162. The average molecular weight is 358 g/mol. The van der Waals surface area contributed by atoms with E-state index in [0.29, 0.717) is 13.1 Å². The van der Waals surface area contributed by atoms with Crippen LogP contribution in [0.2, 0.25) is 0 Å². The molecule has 0 unspecified atom stereocenters. The van der Waals surface area contributed by atoms with Crippen LogP contribution in [-0.4, -0.2) is 58.7 Å². The number of carbonyl (C=O) groups is 4. The van der Waals surface area contributed by atoms with E-state index in [1.165, 1.54) is 13.8 Å². The van der Waals surface area contributed by atoms with Crippen molar-refractivity contribution in [3.63, 3.8) is 0 Å². The van der Waals surface area contributed by atoms with E-state index < -0.39 is 29.9 Å². The topological polar surface area (TPSA) is 84.0 Å². The number of hydrogen-bond donors (Lipinski definition) is 0. The predicted molar refractivity (Wildman–Crippen MR) is 92.4 cm³/mol. The van der Waals surface area contributed by atoms with Gasteiger partial charge in [0.25, 0.3) is 17.7 Å². The quantitative estimate of drug-likeness (QED) is 0.603. The molecule has 1 aromatic rings. The number of rotatable bonds is 4. The molecule has 0 spiro atoms. The van der Waals surface area contributed by atoms with Gasteiger partial charge < -0.3 is 9.64 Å². The Bertz CT molecular complexity index is 719. The van der Waals surface area contributed by atoms with Gasteiger partial charge in [0.05, 0.1) is 11.1 Å². The highest BCUT2D eigenvalue weighted by Gasteiger charge is 2.42. The number of likely N-dealkylation sites (tertiary alicyclic amines) is 1. The first-order valence-electron chi connectivity index (χ1n) is 8.88. The minimum atomic E-state index is -1.10. The van der Waals surface area contributed by atoms with Crippen LogP contribution in [0.1, 0.15) is 53.8 Å². The van der Waals surface area contributed by atoms with Gasteiger partial charge in [-0.05, 0) is 45.2 Å². The summed E-state index contributed by atoms with van der Waals surface area (Å²) in [5.74, 6) is -2.06. The van der Waals surface area contributed by atoms with Gasteiger partial charge in [0.15, 0.2) is 6.10 Å². The van der Waals surface area contributed by atoms with E-state index in [0.717, 1.165) is 24.2 Å². The van der Waals surface area contributed by atoms with E-state index in [1.54, 1.807) is 29.2 Å². The SMILES string of the molecule is C[C@@H](OC(=O)[C@H](C)N1C(=O)c2ccccc2C1=O)C(=O)N1CCCCC1. The predicted octanol–water partition coefficient (Wildman–Crippen LogP) is 1.62. The maximum Gasteiger partial charge on any atom is 0.329 e. The summed E-state index contributed by atoms with van der Waals surface area (Å²) in [4.78, 5) is 52.3. The second kappa shape index (κ2) is 7.27. The van der Waals surface area contributed by atoms with Crippen molar-refractivity contribution in [3.05, 3.63) is 35.4 Å². The first kappa shape index (κ1) is 18.1. The van der Waals surface area contributed by atoms with E-state index in [-0.39, 0.29) is 17.0 Å². The molecule has 1 aromatic carbocycles. The first-order chi connectivity index (χ1) is 12.4. The normalized spacial score (nSPS) is 19.2. The fraction of sp³-hybridized carbons (Fsp3) is 0.474. The molecule has 3 amide bonds. The van der Waals surface area contributed by atoms with E-state index in [4.69, 9.17) is 4.74 Å². The summed E-state index contributed by atoms with van der Waals surface area (Å²) in [6.07, 6.45) is 2.03. The number of amides is 3. The van der Waals surface area contributed by atoms with Crippen molar-refractivity contribution in [1.82, 2.24) is 9.80 Å². The van der Waals surface area contributed by atoms with Crippen LogP contribution in [0.5, 0.6) is 0 Å². The standard InChI is InChI=1S/C19H22N2O5/c1-12(21-17(23)14-8-4-5-9-15(14)18(21)24)19(25)26-13(2)16(22)20-10-6-3-7-11-20/h4-5,8-9,12-13H,3,6-7,10-11H2,1-2H3/t12-,13+/m0/s1. The third kappa shape index (κ3) is 3.21. The molecule has 2 aliphatic heterocycles. The van der Waals surface area contributed by atoms with Crippen LogP contribution in [0.15, 0.2) is 24.3 Å². The maximum absolute atomic E-state index is 12.4. The molecule has 0 aromatic heterocycles. The third-order valence-electron chi connectivity index (χ3n) is 4.86. The monoisotopic (exact) mass is 358 g/mol. The van der Waals surface area contributed by atoms with Crippen molar-refractivity contribution in [2.24, 2.45) is 0 Å². The fourth-order valence-corrected chi connectivity index (χ4v) is 3.36. The maximum atomic E-state index is 12.4.